The van der Waals surface area contributed by atoms with Crippen LogP contribution < -0.4 is 10.5 Å². The number of anilines is 1. The van der Waals surface area contributed by atoms with Crippen LogP contribution in [0.15, 0.2) is 30.6 Å². The van der Waals surface area contributed by atoms with E-state index in [1.54, 1.807) is 0 Å². The summed E-state index contributed by atoms with van der Waals surface area (Å²) in [5.41, 5.74) is 8.17. The number of hydrogen-bond donors (Lipinski definition) is 1. The minimum atomic E-state index is 0.173. The van der Waals surface area contributed by atoms with E-state index in [1.807, 2.05) is 19.1 Å². The average molecular weight is 285 g/mol. The summed E-state index contributed by atoms with van der Waals surface area (Å²) in [4.78, 5) is 8.18. The molecule has 2 aromatic rings. The molecule has 0 atom stereocenters. The van der Waals surface area contributed by atoms with Gasteiger partial charge in [0.15, 0.2) is 0 Å². The van der Waals surface area contributed by atoms with E-state index in [1.165, 1.54) is 11.9 Å². The molecular formula is C17H23N3O. The maximum atomic E-state index is 5.85. The zero-order valence-electron chi connectivity index (χ0n) is 13.2. The van der Waals surface area contributed by atoms with Crippen LogP contribution in [0.2, 0.25) is 0 Å². The molecule has 0 aliphatic rings. The van der Waals surface area contributed by atoms with E-state index in [0.717, 1.165) is 24.2 Å². The molecule has 4 heteroatoms. The maximum absolute atomic E-state index is 5.85. The van der Waals surface area contributed by atoms with Crippen LogP contribution in [0, 0.1) is 0 Å². The van der Waals surface area contributed by atoms with Crippen molar-refractivity contribution in [3.05, 3.63) is 41.7 Å². The van der Waals surface area contributed by atoms with Crippen LogP contribution in [0.25, 0.3) is 0 Å². The highest BCUT2D eigenvalue weighted by Crippen LogP contribution is 2.30. The van der Waals surface area contributed by atoms with Gasteiger partial charge in [0.05, 0.1) is 5.56 Å². The molecule has 0 bridgehead atoms. The molecule has 0 radical (unpaired) electrons. The second kappa shape index (κ2) is 6.12. The van der Waals surface area contributed by atoms with Crippen molar-refractivity contribution >= 4 is 5.82 Å². The first-order valence-corrected chi connectivity index (χ1v) is 7.35. The van der Waals surface area contributed by atoms with Crippen molar-refractivity contribution in [2.45, 2.75) is 46.0 Å². The Kier molecular flexibility index (Phi) is 4.46. The minimum absolute atomic E-state index is 0.173. The molecule has 112 valence electrons. The first-order valence-electron chi connectivity index (χ1n) is 7.35. The van der Waals surface area contributed by atoms with Gasteiger partial charge >= 0.3 is 0 Å². The third kappa shape index (κ3) is 3.32. The predicted molar refractivity (Wildman–Crippen MR) is 85.7 cm³/mol. The van der Waals surface area contributed by atoms with Crippen LogP contribution in [0.4, 0.5) is 5.82 Å². The number of hydrogen-bond acceptors (Lipinski definition) is 4. The second-order valence-corrected chi connectivity index (χ2v) is 5.76. The lowest BCUT2D eigenvalue weighted by Gasteiger charge is -2.23. The standard InChI is InChI=1S/C17H23N3O/c1-5-14-15(18)19-11-20-16(14)21-13-9-7-12(8-10-13)17(3,4)6-2/h7-11H,5-6H2,1-4H3,(H2,18,19,20). The number of nitrogen functional groups attached to an aromatic ring is 1. The Balaban J connectivity index is 2.24. The van der Waals surface area contributed by atoms with E-state index in [4.69, 9.17) is 10.5 Å². The van der Waals surface area contributed by atoms with Crippen molar-refractivity contribution in [1.29, 1.82) is 0 Å². The Hall–Kier alpha value is -2.10. The van der Waals surface area contributed by atoms with Crippen molar-refractivity contribution in [2.24, 2.45) is 0 Å². The molecular weight excluding hydrogens is 262 g/mol. The maximum Gasteiger partial charge on any atom is 0.227 e. The lowest BCUT2D eigenvalue weighted by molar-refractivity contribution is 0.453. The fourth-order valence-electron chi connectivity index (χ4n) is 2.12. The Morgan fingerprint density at radius 3 is 2.33 bits per heavy atom. The molecule has 0 saturated carbocycles. The fourth-order valence-corrected chi connectivity index (χ4v) is 2.12. The topological polar surface area (TPSA) is 61.0 Å². The molecule has 1 aromatic heterocycles. The van der Waals surface area contributed by atoms with E-state index >= 15 is 0 Å². The number of rotatable bonds is 5. The highest BCUT2D eigenvalue weighted by Gasteiger charge is 2.18. The molecule has 0 aliphatic heterocycles. The van der Waals surface area contributed by atoms with Crippen molar-refractivity contribution in [1.82, 2.24) is 9.97 Å². The highest BCUT2D eigenvalue weighted by atomic mass is 16.5. The van der Waals surface area contributed by atoms with E-state index in [-0.39, 0.29) is 5.41 Å². The summed E-state index contributed by atoms with van der Waals surface area (Å²) in [5, 5.41) is 0. The second-order valence-electron chi connectivity index (χ2n) is 5.76. The first kappa shape index (κ1) is 15.3. The van der Waals surface area contributed by atoms with Gasteiger partial charge in [0.1, 0.15) is 17.9 Å². The summed E-state index contributed by atoms with van der Waals surface area (Å²) in [6, 6.07) is 8.17. The largest absolute Gasteiger partial charge is 0.439 e. The third-order valence-corrected chi connectivity index (χ3v) is 4.03. The minimum Gasteiger partial charge on any atom is -0.439 e. The molecule has 1 heterocycles. The zero-order valence-corrected chi connectivity index (χ0v) is 13.2. The van der Waals surface area contributed by atoms with Gasteiger partial charge in [-0.2, -0.15) is 0 Å². The summed E-state index contributed by atoms with van der Waals surface area (Å²) >= 11 is 0. The molecule has 0 amide bonds. The molecule has 0 spiro atoms. The normalized spacial score (nSPS) is 11.4. The van der Waals surface area contributed by atoms with Gasteiger partial charge in [-0.1, -0.05) is 39.8 Å². The van der Waals surface area contributed by atoms with Crippen molar-refractivity contribution < 1.29 is 4.74 Å². The molecule has 0 fully saturated rings. The van der Waals surface area contributed by atoms with E-state index in [0.29, 0.717) is 11.7 Å². The van der Waals surface area contributed by atoms with Crippen LogP contribution in [0.1, 0.15) is 45.2 Å². The van der Waals surface area contributed by atoms with Crippen LogP contribution in [0.5, 0.6) is 11.6 Å². The number of benzene rings is 1. The van der Waals surface area contributed by atoms with Crippen LogP contribution in [-0.4, -0.2) is 9.97 Å². The van der Waals surface area contributed by atoms with Gasteiger partial charge in [0.25, 0.3) is 0 Å². The molecule has 21 heavy (non-hydrogen) atoms. The Labute approximate surface area is 126 Å². The lowest BCUT2D eigenvalue weighted by Crippen LogP contribution is -2.14. The van der Waals surface area contributed by atoms with Gasteiger partial charge in [0.2, 0.25) is 5.88 Å². The summed E-state index contributed by atoms with van der Waals surface area (Å²) in [5.74, 6) is 1.78. The molecule has 0 unspecified atom stereocenters. The predicted octanol–water partition coefficient (Wildman–Crippen LogP) is 4.10. The first-order chi connectivity index (χ1) is 9.97. The summed E-state index contributed by atoms with van der Waals surface area (Å²) < 4.78 is 5.85. The molecule has 4 nitrogen and oxygen atoms in total. The van der Waals surface area contributed by atoms with Crippen LogP contribution in [0.3, 0.4) is 0 Å². The van der Waals surface area contributed by atoms with Gasteiger partial charge in [-0.15, -0.1) is 0 Å². The lowest BCUT2D eigenvalue weighted by atomic mass is 9.82. The van der Waals surface area contributed by atoms with Crippen LogP contribution in [-0.2, 0) is 11.8 Å². The van der Waals surface area contributed by atoms with Crippen molar-refractivity contribution in [2.75, 3.05) is 5.73 Å². The van der Waals surface area contributed by atoms with Gasteiger partial charge in [0, 0.05) is 0 Å². The van der Waals surface area contributed by atoms with E-state index in [2.05, 4.69) is 42.9 Å². The Bertz CT molecular complexity index is 606. The van der Waals surface area contributed by atoms with Gasteiger partial charge in [-0.25, -0.2) is 9.97 Å². The van der Waals surface area contributed by atoms with Gasteiger partial charge in [-0.3, -0.25) is 0 Å². The number of nitrogens with two attached hydrogens (primary N) is 1. The quantitative estimate of drug-likeness (QED) is 0.898. The van der Waals surface area contributed by atoms with Crippen molar-refractivity contribution in [3.8, 4) is 11.6 Å². The van der Waals surface area contributed by atoms with Gasteiger partial charge < -0.3 is 10.5 Å². The molecule has 2 rings (SSSR count). The van der Waals surface area contributed by atoms with E-state index < -0.39 is 0 Å². The molecule has 0 aliphatic carbocycles. The third-order valence-electron chi connectivity index (χ3n) is 4.03. The fraction of sp³-hybridized carbons (Fsp3) is 0.412. The molecule has 2 N–H and O–H groups in total. The summed E-state index contributed by atoms with van der Waals surface area (Å²) in [7, 11) is 0. The molecule has 1 aromatic carbocycles. The summed E-state index contributed by atoms with van der Waals surface area (Å²) in [6.45, 7) is 8.68. The molecule has 0 saturated heterocycles. The van der Waals surface area contributed by atoms with Gasteiger partial charge in [-0.05, 0) is 36.0 Å². The van der Waals surface area contributed by atoms with Crippen LogP contribution >= 0.6 is 0 Å². The van der Waals surface area contributed by atoms with Crippen molar-refractivity contribution in [3.63, 3.8) is 0 Å². The van der Waals surface area contributed by atoms with E-state index in [9.17, 15) is 0 Å². The zero-order chi connectivity index (χ0) is 15.5. The SMILES string of the molecule is CCc1c(N)ncnc1Oc1ccc(C(C)(C)CC)cc1. The number of ether oxygens (including phenoxy) is 1. The average Bonchev–Trinajstić information content (AvgIpc) is 2.48. The Morgan fingerprint density at radius 1 is 1.10 bits per heavy atom. The summed E-state index contributed by atoms with van der Waals surface area (Å²) in [6.07, 6.45) is 3.26. The smallest absolute Gasteiger partial charge is 0.227 e. The Morgan fingerprint density at radius 2 is 1.76 bits per heavy atom. The number of nitrogens with zero attached hydrogens (tertiary/aromatic N) is 2. The highest BCUT2D eigenvalue weighted by molar-refractivity contribution is 5.46. The number of aromatic nitrogens is 2. The monoisotopic (exact) mass is 285 g/mol.